The molecular weight excluding hydrogens is 256 g/mol. The van der Waals surface area contributed by atoms with Crippen LogP contribution in [0.15, 0.2) is 42.6 Å². The quantitative estimate of drug-likeness (QED) is 0.679. The molecule has 1 aliphatic rings. The Hall–Kier alpha value is -3.02. The molecule has 1 aromatic carbocycles. The monoisotopic (exact) mass is 264 g/mol. The number of amides is 2. The number of H-pyrrole nitrogens is 1. The molecule has 0 bridgehead atoms. The van der Waals surface area contributed by atoms with Gasteiger partial charge < -0.3 is 0 Å². The Morgan fingerprint density at radius 2 is 1.65 bits per heavy atom. The van der Waals surface area contributed by atoms with E-state index in [0.717, 1.165) is 4.90 Å². The van der Waals surface area contributed by atoms with Gasteiger partial charge in [0.05, 0.1) is 16.5 Å². The third-order valence-corrected chi connectivity index (χ3v) is 3.32. The Balaban J connectivity index is 1.93. The first-order valence-corrected chi connectivity index (χ1v) is 6.04. The number of aromatic nitrogens is 3. The number of anilines is 1. The first kappa shape index (κ1) is 10.9. The number of nitrogens with one attached hydrogen (secondary N) is 1. The minimum atomic E-state index is -0.358. The molecule has 20 heavy (non-hydrogen) atoms. The van der Waals surface area contributed by atoms with Crippen molar-refractivity contribution in [2.75, 3.05) is 4.90 Å². The molecule has 1 N–H and O–H groups in total. The zero-order valence-electron chi connectivity index (χ0n) is 10.2. The molecule has 3 aromatic rings. The lowest BCUT2D eigenvalue weighted by Gasteiger charge is -2.10. The van der Waals surface area contributed by atoms with E-state index in [0.29, 0.717) is 28.0 Å². The fourth-order valence-corrected chi connectivity index (χ4v) is 2.39. The van der Waals surface area contributed by atoms with Crippen molar-refractivity contribution in [1.82, 2.24) is 15.2 Å². The molecule has 6 heteroatoms. The SMILES string of the molecule is O=C1c2ccccc2C(=O)N1c1n[nH]c2ncccc12. The summed E-state index contributed by atoms with van der Waals surface area (Å²) in [4.78, 5) is 30.0. The molecule has 0 saturated carbocycles. The van der Waals surface area contributed by atoms with E-state index in [4.69, 9.17) is 0 Å². The van der Waals surface area contributed by atoms with Gasteiger partial charge in [-0.3, -0.25) is 14.7 Å². The molecule has 0 unspecified atom stereocenters. The Labute approximate surface area is 113 Å². The summed E-state index contributed by atoms with van der Waals surface area (Å²) in [5, 5.41) is 7.42. The summed E-state index contributed by atoms with van der Waals surface area (Å²) >= 11 is 0. The minimum absolute atomic E-state index is 0.291. The molecule has 2 amide bonds. The number of carbonyl (C=O) groups is 2. The lowest BCUT2D eigenvalue weighted by molar-refractivity contribution is 0.0925. The maximum absolute atomic E-state index is 12.4. The van der Waals surface area contributed by atoms with E-state index in [1.807, 2.05) is 0 Å². The summed E-state index contributed by atoms with van der Waals surface area (Å²) in [5.74, 6) is -0.426. The van der Waals surface area contributed by atoms with Gasteiger partial charge in [-0.1, -0.05) is 12.1 Å². The second-order valence-electron chi connectivity index (χ2n) is 4.44. The first-order valence-electron chi connectivity index (χ1n) is 6.04. The van der Waals surface area contributed by atoms with E-state index in [1.54, 1.807) is 42.6 Å². The number of pyridine rings is 1. The van der Waals surface area contributed by atoms with Crippen LogP contribution in [-0.4, -0.2) is 27.0 Å². The van der Waals surface area contributed by atoms with Gasteiger partial charge >= 0.3 is 0 Å². The van der Waals surface area contributed by atoms with Gasteiger partial charge in [-0.05, 0) is 24.3 Å². The number of aromatic amines is 1. The molecule has 0 atom stereocenters. The van der Waals surface area contributed by atoms with Crippen molar-refractivity contribution in [3.05, 3.63) is 53.7 Å². The van der Waals surface area contributed by atoms with Gasteiger partial charge in [-0.2, -0.15) is 5.10 Å². The molecule has 0 aliphatic carbocycles. The highest BCUT2D eigenvalue weighted by atomic mass is 16.2. The minimum Gasteiger partial charge on any atom is -0.268 e. The predicted molar refractivity (Wildman–Crippen MR) is 71.5 cm³/mol. The summed E-state index contributed by atoms with van der Waals surface area (Å²) in [6, 6.07) is 10.3. The van der Waals surface area contributed by atoms with Crippen LogP contribution in [0.5, 0.6) is 0 Å². The summed E-state index contributed by atoms with van der Waals surface area (Å²) in [7, 11) is 0. The van der Waals surface area contributed by atoms with Crippen LogP contribution >= 0.6 is 0 Å². The summed E-state index contributed by atoms with van der Waals surface area (Å²) in [5.41, 5.74) is 1.34. The van der Waals surface area contributed by atoms with Gasteiger partial charge in [0.2, 0.25) is 0 Å². The third kappa shape index (κ3) is 1.27. The van der Waals surface area contributed by atoms with Gasteiger partial charge in [-0.15, -0.1) is 0 Å². The number of benzene rings is 1. The Morgan fingerprint density at radius 1 is 0.950 bits per heavy atom. The summed E-state index contributed by atoms with van der Waals surface area (Å²) in [6.45, 7) is 0. The van der Waals surface area contributed by atoms with Crippen LogP contribution < -0.4 is 4.90 Å². The second-order valence-corrected chi connectivity index (χ2v) is 4.44. The zero-order chi connectivity index (χ0) is 13.7. The van der Waals surface area contributed by atoms with E-state index in [1.165, 1.54) is 0 Å². The van der Waals surface area contributed by atoms with Crippen molar-refractivity contribution < 1.29 is 9.59 Å². The molecule has 0 radical (unpaired) electrons. The predicted octanol–water partition coefficient (Wildman–Crippen LogP) is 1.76. The number of fused-ring (bicyclic) bond motifs is 2. The lowest BCUT2D eigenvalue weighted by atomic mass is 10.1. The van der Waals surface area contributed by atoms with Crippen molar-refractivity contribution in [1.29, 1.82) is 0 Å². The van der Waals surface area contributed by atoms with Crippen LogP contribution in [-0.2, 0) is 0 Å². The average Bonchev–Trinajstić information content (AvgIpc) is 3.01. The second kappa shape index (κ2) is 3.74. The van der Waals surface area contributed by atoms with Gasteiger partial charge in [0.25, 0.3) is 11.8 Å². The molecular formula is C14H8N4O2. The average molecular weight is 264 g/mol. The van der Waals surface area contributed by atoms with E-state index in [9.17, 15) is 9.59 Å². The zero-order valence-corrected chi connectivity index (χ0v) is 10.2. The number of carbonyl (C=O) groups excluding carboxylic acids is 2. The normalized spacial score (nSPS) is 14.1. The third-order valence-electron chi connectivity index (χ3n) is 3.32. The topological polar surface area (TPSA) is 79.0 Å². The Morgan fingerprint density at radius 3 is 2.35 bits per heavy atom. The number of nitrogens with zero attached hydrogens (tertiary/aromatic N) is 3. The summed E-state index contributed by atoms with van der Waals surface area (Å²) in [6.07, 6.45) is 1.62. The van der Waals surface area contributed by atoms with Crippen LogP contribution in [0.4, 0.5) is 5.82 Å². The van der Waals surface area contributed by atoms with Gasteiger partial charge in [0, 0.05) is 6.20 Å². The largest absolute Gasteiger partial charge is 0.268 e. The van der Waals surface area contributed by atoms with Gasteiger partial charge in [0.15, 0.2) is 11.5 Å². The van der Waals surface area contributed by atoms with Crippen LogP contribution in [0.25, 0.3) is 11.0 Å². The van der Waals surface area contributed by atoms with Crippen LogP contribution in [0.3, 0.4) is 0 Å². The smallest absolute Gasteiger partial charge is 0.267 e. The van der Waals surface area contributed by atoms with Crippen molar-refractivity contribution in [2.24, 2.45) is 0 Å². The molecule has 96 valence electrons. The number of rotatable bonds is 1. The van der Waals surface area contributed by atoms with E-state index in [-0.39, 0.29) is 11.8 Å². The van der Waals surface area contributed by atoms with E-state index in [2.05, 4.69) is 15.2 Å². The molecule has 0 spiro atoms. The molecule has 3 heterocycles. The highest BCUT2D eigenvalue weighted by molar-refractivity contribution is 6.35. The highest BCUT2D eigenvalue weighted by Gasteiger charge is 2.38. The van der Waals surface area contributed by atoms with Crippen LogP contribution in [0.2, 0.25) is 0 Å². The Kier molecular flexibility index (Phi) is 2.03. The lowest BCUT2D eigenvalue weighted by Crippen LogP contribution is -2.29. The van der Waals surface area contributed by atoms with Gasteiger partial charge in [0.1, 0.15) is 0 Å². The molecule has 6 nitrogen and oxygen atoms in total. The first-order chi connectivity index (χ1) is 9.77. The van der Waals surface area contributed by atoms with Crippen LogP contribution in [0, 0.1) is 0 Å². The highest BCUT2D eigenvalue weighted by Crippen LogP contribution is 2.30. The molecule has 0 saturated heterocycles. The standard InChI is InChI=1S/C14H8N4O2/c19-13-8-4-1-2-5-9(8)14(20)18(13)12-10-6-3-7-15-11(10)16-17-12/h1-7H,(H,15,16,17). The van der Waals surface area contributed by atoms with Crippen molar-refractivity contribution in [2.45, 2.75) is 0 Å². The van der Waals surface area contributed by atoms with Crippen molar-refractivity contribution >= 4 is 28.7 Å². The van der Waals surface area contributed by atoms with Crippen molar-refractivity contribution in [3.8, 4) is 0 Å². The van der Waals surface area contributed by atoms with E-state index >= 15 is 0 Å². The maximum atomic E-state index is 12.4. The maximum Gasteiger partial charge on any atom is 0.267 e. The summed E-state index contributed by atoms with van der Waals surface area (Å²) < 4.78 is 0. The van der Waals surface area contributed by atoms with E-state index < -0.39 is 0 Å². The molecule has 2 aromatic heterocycles. The number of hydrogen-bond donors (Lipinski definition) is 1. The fraction of sp³-hybridized carbons (Fsp3) is 0. The number of hydrogen-bond acceptors (Lipinski definition) is 4. The Bertz CT molecular complexity index is 833. The van der Waals surface area contributed by atoms with Gasteiger partial charge in [-0.25, -0.2) is 9.88 Å². The molecule has 1 aliphatic heterocycles. The molecule has 4 rings (SSSR count). The van der Waals surface area contributed by atoms with Crippen LogP contribution in [0.1, 0.15) is 20.7 Å². The number of imide groups is 1. The van der Waals surface area contributed by atoms with Crippen molar-refractivity contribution in [3.63, 3.8) is 0 Å². The molecule has 0 fully saturated rings. The fourth-order valence-electron chi connectivity index (χ4n) is 2.39.